The van der Waals surface area contributed by atoms with E-state index in [4.69, 9.17) is 18.9 Å². The monoisotopic (exact) mass is 412 g/mol. The first-order chi connectivity index (χ1) is 14.2. The van der Waals surface area contributed by atoms with E-state index in [1.54, 1.807) is 24.3 Å². The Morgan fingerprint density at radius 1 is 0.733 bits per heavy atom. The minimum atomic E-state index is -0.656. The number of ether oxygens (including phenoxy) is 4. The van der Waals surface area contributed by atoms with Crippen LogP contribution in [0, 0.1) is 0 Å². The summed E-state index contributed by atoms with van der Waals surface area (Å²) in [6.45, 7) is 3.69. The zero-order valence-electron chi connectivity index (χ0n) is 16.9. The molecule has 156 valence electrons. The predicted octanol–water partition coefficient (Wildman–Crippen LogP) is 3.37. The van der Waals surface area contributed by atoms with Gasteiger partial charge in [0, 0.05) is 32.9 Å². The number of carbonyl (C=O) groups is 4. The fourth-order valence-electron chi connectivity index (χ4n) is 2.50. The normalized spacial score (nSPS) is 10.4. The molecular formula is C22H20O8. The Labute approximate surface area is 173 Å². The number of methoxy groups -OCH3 is 1. The quantitative estimate of drug-likeness (QED) is 0.295. The molecule has 0 aliphatic carbocycles. The Hall–Kier alpha value is -3.94. The summed E-state index contributed by atoms with van der Waals surface area (Å²) in [5.74, 6) is -1.75. The van der Waals surface area contributed by atoms with Gasteiger partial charge in [-0.1, -0.05) is 18.2 Å². The van der Waals surface area contributed by atoms with E-state index in [-0.39, 0.29) is 22.8 Å². The number of benzene rings is 2. The lowest BCUT2D eigenvalue weighted by molar-refractivity contribution is -0.133. The summed E-state index contributed by atoms with van der Waals surface area (Å²) in [6.07, 6.45) is 2.81. The van der Waals surface area contributed by atoms with Crippen LogP contribution in [0.3, 0.4) is 0 Å². The van der Waals surface area contributed by atoms with E-state index in [2.05, 4.69) is 0 Å². The second kappa shape index (κ2) is 10.0. The second-order valence-electron chi connectivity index (χ2n) is 6.05. The molecule has 0 aliphatic rings. The summed E-state index contributed by atoms with van der Waals surface area (Å²) in [5, 5.41) is 0. The summed E-state index contributed by atoms with van der Waals surface area (Å²) in [4.78, 5) is 46.5. The van der Waals surface area contributed by atoms with Crippen molar-refractivity contribution in [3.05, 3.63) is 53.6 Å². The summed E-state index contributed by atoms with van der Waals surface area (Å²) in [6, 6.07) is 9.12. The Morgan fingerprint density at radius 3 is 1.80 bits per heavy atom. The van der Waals surface area contributed by atoms with E-state index >= 15 is 0 Å². The molecule has 0 radical (unpaired) electrons. The minimum absolute atomic E-state index is 0.00335. The van der Waals surface area contributed by atoms with Crippen molar-refractivity contribution < 1.29 is 38.1 Å². The van der Waals surface area contributed by atoms with Gasteiger partial charge in [0.25, 0.3) is 0 Å². The lowest BCUT2D eigenvalue weighted by Gasteiger charge is -2.13. The zero-order chi connectivity index (χ0) is 22.3. The molecule has 2 rings (SSSR count). The van der Waals surface area contributed by atoms with Gasteiger partial charge in [0.05, 0.1) is 7.11 Å². The van der Waals surface area contributed by atoms with Gasteiger partial charge in [-0.25, -0.2) is 0 Å². The molecule has 0 N–H and O–H groups in total. The van der Waals surface area contributed by atoms with Crippen LogP contribution >= 0.6 is 0 Å². The number of carbonyl (C=O) groups excluding carboxylic acids is 4. The maximum Gasteiger partial charge on any atom is 0.308 e. The van der Waals surface area contributed by atoms with Gasteiger partial charge in [-0.05, 0) is 23.8 Å². The van der Waals surface area contributed by atoms with Crippen LogP contribution in [0.25, 0.3) is 6.08 Å². The van der Waals surface area contributed by atoms with Crippen LogP contribution in [0.1, 0.15) is 36.7 Å². The van der Waals surface area contributed by atoms with Crippen molar-refractivity contribution in [2.24, 2.45) is 0 Å². The summed E-state index contributed by atoms with van der Waals surface area (Å²) in [5.41, 5.74) is 0.667. The van der Waals surface area contributed by atoms with Gasteiger partial charge < -0.3 is 18.9 Å². The second-order valence-corrected chi connectivity index (χ2v) is 6.05. The van der Waals surface area contributed by atoms with Gasteiger partial charge in [0.2, 0.25) is 0 Å². The molecule has 0 bridgehead atoms. The highest BCUT2D eigenvalue weighted by Crippen LogP contribution is 2.35. The van der Waals surface area contributed by atoms with Crippen molar-refractivity contribution in [2.75, 3.05) is 7.11 Å². The zero-order valence-corrected chi connectivity index (χ0v) is 16.9. The van der Waals surface area contributed by atoms with Gasteiger partial charge in [-0.3, -0.25) is 19.2 Å². The van der Waals surface area contributed by atoms with Gasteiger partial charge in [0.15, 0.2) is 5.78 Å². The summed E-state index contributed by atoms with van der Waals surface area (Å²) < 4.78 is 20.3. The van der Waals surface area contributed by atoms with Crippen molar-refractivity contribution in [3.63, 3.8) is 0 Å². The summed E-state index contributed by atoms with van der Waals surface area (Å²) >= 11 is 0. The molecule has 0 saturated heterocycles. The highest BCUT2D eigenvalue weighted by Gasteiger charge is 2.21. The molecule has 8 nitrogen and oxygen atoms in total. The highest BCUT2D eigenvalue weighted by molar-refractivity contribution is 6.11. The van der Waals surface area contributed by atoms with Crippen molar-refractivity contribution >= 4 is 29.8 Å². The molecule has 0 amide bonds. The number of esters is 3. The molecule has 0 fully saturated rings. The predicted molar refractivity (Wildman–Crippen MR) is 107 cm³/mol. The summed E-state index contributed by atoms with van der Waals surface area (Å²) in [7, 11) is 1.33. The van der Waals surface area contributed by atoms with Crippen LogP contribution in [-0.2, 0) is 14.4 Å². The third-order valence-corrected chi connectivity index (χ3v) is 3.59. The standard InChI is InChI=1S/C22H20O8/c1-13(23)28-17-8-5-16(6-9-17)7-10-19(26)22-20(27-4)11-18(29-14(2)24)12-21(22)30-15(3)25/h5-12H,1-4H3/b10-7+. The SMILES string of the molecule is COc1cc(OC(C)=O)cc(OC(C)=O)c1C(=O)/C=C/c1ccc(OC(C)=O)cc1. The van der Waals surface area contributed by atoms with Gasteiger partial charge in [0.1, 0.15) is 28.6 Å². The first-order valence-electron chi connectivity index (χ1n) is 8.79. The molecule has 0 unspecified atom stereocenters. The third-order valence-electron chi connectivity index (χ3n) is 3.59. The van der Waals surface area contributed by atoms with E-state index in [1.165, 1.54) is 52.2 Å². The van der Waals surface area contributed by atoms with Crippen LogP contribution in [0.15, 0.2) is 42.5 Å². The smallest absolute Gasteiger partial charge is 0.308 e. The molecule has 0 atom stereocenters. The Balaban J connectivity index is 2.36. The highest BCUT2D eigenvalue weighted by atomic mass is 16.5. The van der Waals surface area contributed by atoms with E-state index in [0.717, 1.165) is 0 Å². The fraction of sp³-hybridized carbons (Fsp3) is 0.182. The van der Waals surface area contributed by atoms with E-state index < -0.39 is 23.7 Å². The lowest BCUT2D eigenvalue weighted by atomic mass is 10.1. The van der Waals surface area contributed by atoms with E-state index in [1.807, 2.05) is 0 Å². The largest absolute Gasteiger partial charge is 0.496 e. The maximum atomic E-state index is 12.8. The molecule has 0 aliphatic heterocycles. The molecule has 2 aromatic carbocycles. The lowest BCUT2D eigenvalue weighted by Crippen LogP contribution is -2.10. The Bertz CT molecular complexity index is 1000. The topological polar surface area (TPSA) is 105 Å². The molecule has 2 aromatic rings. The average Bonchev–Trinajstić information content (AvgIpc) is 2.65. The molecule has 0 saturated carbocycles. The Morgan fingerprint density at radius 2 is 1.27 bits per heavy atom. The number of hydrogen-bond donors (Lipinski definition) is 0. The van der Waals surface area contributed by atoms with Crippen molar-refractivity contribution in [1.82, 2.24) is 0 Å². The first kappa shape index (κ1) is 22.4. The number of rotatable bonds is 7. The van der Waals surface area contributed by atoms with Crippen LogP contribution in [0.2, 0.25) is 0 Å². The van der Waals surface area contributed by atoms with Crippen molar-refractivity contribution in [3.8, 4) is 23.0 Å². The van der Waals surface area contributed by atoms with Crippen LogP contribution in [-0.4, -0.2) is 30.8 Å². The molecule has 8 heteroatoms. The first-order valence-corrected chi connectivity index (χ1v) is 8.79. The molecule has 0 aromatic heterocycles. The molecule has 0 heterocycles. The van der Waals surface area contributed by atoms with E-state index in [9.17, 15) is 19.2 Å². The van der Waals surface area contributed by atoms with Gasteiger partial charge in [-0.2, -0.15) is 0 Å². The number of ketones is 1. The van der Waals surface area contributed by atoms with Crippen molar-refractivity contribution in [1.29, 1.82) is 0 Å². The van der Waals surface area contributed by atoms with E-state index in [0.29, 0.717) is 11.3 Å². The molecular weight excluding hydrogens is 392 g/mol. The Kier molecular flexibility index (Phi) is 7.46. The maximum absolute atomic E-state index is 12.8. The van der Waals surface area contributed by atoms with Gasteiger partial charge >= 0.3 is 17.9 Å². The molecule has 0 spiro atoms. The van der Waals surface area contributed by atoms with Crippen LogP contribution < -0.4 is 18.9 Å². The number of allylic oxidation sites excluding steroid dienone is 1. The average molecular weight is 412 g/mol. The third kappa shape index (κ3) is 6.30. The van der Waals surface area contributed by atoms with Crippen molar-refractivity contribution in [2.45, 2.75) is 20.8 Å². The van der Waals surface area contributed by atoms with Crippen LogP contribution in [0.4, 0.5) is 0 Å². The minimum Gasteiger partial charge on any atom is -0.496 e. The number of hydrogen-bond acceptors (Lipinski definition) is 8. The fourth-order valence-corrected chi connectivity index (χ4v) is 2.50. The molecule has 30 heavy (non-hydrogen) atoms. The van der Waals surface area contributed by atoms with Crippen LogP contribution in [0.5, 0.6) is 23.0 Å². The van der Waals surface area contributed by atoms with Gasteiger partial charge in [-0.15, -0.1) is 0 Å².